The fourth-order valence-corrected chi connectivity index (χ4v) is 1.94. The van der Waals surface area contributed by atoms with Crippen molar-refractivity contribution in [2.45, 2.75) is 50.8 Å². The monoisotopic (exact) mass is 252 g/mol. The lowest BCUT2D eigenvalue weighted by Crippen LogP contribution is -2.17. The van der Waals surface area contributed by atoms with Gasteiger partial charge in [0, 0.05) is 6.61 Å². The van der Waals surface area contributed by atoms with Gasteiger partial charge in [-0.05, 0) is 32.1 Å². The Morgan fingerprint density at radius 2 is 2.12 bits per heavy atom. The van der Waals surface area contributed by atoms with Crippen molar-refractivity contribution in [1.82, 2.24) is 0 Å². The van der Waals surface area contributed by atoms with Crippen LogP contribution in [0.2, 0.25) is 0 Å². The van der Waals surface area contributed by atoms with Gasteiger partial charge in [0.2, 0.25) is 0 Å². The molecule has 17 heavy (non-hydrogen) atoms. The van der Waals surface area contributed by atoms with E-state index in [1.165, 1.54) is 0 Å². The predicted octanol–water partition coefficient (Wildman–Crippen LogP) is 3.21. The minimum Gasteiger partial charge on any atom is -0.389 e. The summed E-state index contributed by atoms with van der Waals surface area (Å²) in [7, 11) is 0. The van der Waals surface area contributed by atoms with E-state index >= 15 is 0 Å². The van der Waals surface area contributed by atoms with Crippen LogP contribution in [-0.4, -0.2) is 30.6 Å². The average molecular weight is 252 g/mol. The SMILES string of the molecule is OC1C=C(CCCOCC(F)(F)F)CCCC1. The number of aliphatic hydroxyl groups is 1. The Morgan fingerprint density at radius 1 is 1.35 bits per heavy atom. The van der Waals surface area contributed by atoms with Gasteiger partial charge in [-0.3, -0.25) is 0 Å². The van der Waals surface area contributed by atoms with Crippen LogP contribution in [0.15, 0.2) is 11.6 Å². The van der Waals surface area contributed by atoms with Crippen molar-refractivity contribution in [1.29, 1.82) is 0 Å². The van der Waals surface area contributed by atoms with Crippen molar-refractivity contribution >= 4 is 0 Å². The van der Waals surface area contributed by atoms with Gasteiger partial charge < -0.3 is 9.84 Å². The van der Waals surface area contributed by atoms with E-state index in [1.54, 1.807) is 0 Å². The maximum absolute atomic E-state index is 11.8. The van der Waals surface area contributed by atoms with Gasteiger partial charge in [-0.1, -0.05) is 18.1 Å². The van der Waals surface area contributed by atoms with Crippen molar-refractivity contribution in [2.24, 2.45) is 0 Å². The molecule has 0 aromatic carbocycles. The Labute approximate surface area is 99.5 Å². The van der Waals surface area contributed by atoms with Gasteiger partial charge in [-0.25, -0.2) is 0 Å². The molecule has 1 aliphatic rings. The molecule has 1 aliphatic carbocycles. The van der Waals surface area contributed by atoms with Gasteiger partial charge in [-0.2, -0.15) is 13.2 Å². The molecule has 1 rings (SSSR count). The van der Waals surface area contributed by atoms with Crippen molar-refractivity contribution in [2.75, 3.05) is 13.2 Å². The standard InChI is InChI=1S/C12H19F3O2/c13-12(14,15)9-17-7-3-5-10-4-1-2-6-11(16)8-10/h8,11,16H,1-7,9H2. The highest BCUT2D eigenvalue weighted by Crippen LogP contribution is 2.21. The zero-order valence-corrected chi connectivity index (χ0v) is 9.80. The molecule has 100 valence electrons. The first-order chi connectivity index (χ1) is 7.97. The number of ether oxygens (including phenoxy) is 1. The Kier molecular flexibility index (Phi) is 5.98. The van der Waals surface area contributed by atoms with Crippen LogP contribution in [0, 0.1) is 0 Å². The average Bonchev–Trinajstić information content (AvgIpc) is 2.40. The minimum absolute atomic E-state index is 0.118. The Morgan fingerprint density at radius 3 is 2.82 bits per heavy atom. The first kappa shape index (κ1) is 14.5. The second-order valence-corrected chi connectivity index (χ2v) is 4.41. The molecule has 0 radical (unpaired) electrons. The van der Waals surface area contributed by atoms with E-state index in [-0.39, 0.29) is 12.7 Å². The van der Waals surface area contributed by atoms with E-state index in [9.17, 15) is 18.3 Å². The lowest BCUT2D eigenvalue weighted by molar-refractivity contribution is -0.174. The highest BCUT2D eigenvalue weighted by molar-refractivity contribution is 5.06. The summed E-state index contributed by atoms with van der Waals surface area (Å²) in [6, 6.07) is 0. The normalized spacial score (nSPS) is 22.1. The summed E-state index contributed by atoms with van der Waals surface area (Å²) < 4.78 is 39.9. The van der Waals surface area contributed by atoms with E-state index in [0.29, 0.717) is 6.42 Å². The second-order valence-electron chi connectivity index (χ2n) is 4.41. The minimum atomic E-state index is -4.24. The van der Waals surface area contributed by atoms with Gasteiger partial charge in [-0.15, -0.1) is 0 Å². The molecule has 0 aromatic rings. The quantitative estimate of drug-likeness (QED) is 0.601. The molecule has 0 saturated heterocycles. The largest absolute Gasteiger partial charge is 0.411 e. The number of halogens is 3. The van der Waals surface area contributed by atoms with Crippen LogP contribution >= 0.6 is 0 Å². The first-order valence-electron chi connectivity index (χ1n) is 5.99. The van der Waals surface area contributed by atoms with E-state index in [2.05, 4.69) is 4.74 Å². The van der Waals surface area contributed by atoms with Crippen molar-refractivity contribution < 1.29 is 23.0 Å². The zero-order chi connectivity index (χ0) is 12.7. The lowest BCUT2D eigenvalue weighted by atomic mass is 10.1. The van der Waals surface area contributed by atoms with Crippen LogP contribution in [0.4, 0.5) is 13.2 Å². The topological polar surface area (TPSA) is 29.5 Å². The molecule has 1 N–H and O–H groups in total. The molecule has 5 heteroatoms. The maximum Gasteiger partial charge on any atom is 0.411 e. The highest BCUT2D eigenvalue weighted by atomic mass is 19.4. The predicted molar refractivity (Wildman–Crippen MR) is 58.7 cm³/mol. The number of allylic oxidation sites excluding steroid dienone is 1. The number of alkyl halides is 3. The smallest absolute Gasteiger partial charge is 0.389 e. The third-order valence-corrected chi connectivity index (χ3v) is 2.73. The van der Waals surface area contributed by atoms with Crippen LogP contribution in [0.1, 0.15) is 38.5 Å². The molecule has 0 aromatic heterocycles. The lowest BCUT2D eigenvalue weighted by Gasteiger charge is -2.09. The molecule has 0 aliphatic heterocycles. The molecule has 0 saturated carbocycles. The Hall–Kier alpha value is -0.550. The fraction of sp³-hybridized carbons (Fsp3) is 0.833. The van der Waals surface area contributed by atoms with E-state index in [0.717, 1.165) is 37.7 Å². The fourth-order valence-electron chi connectivity index (χ4n) is 1.94. The molecule has 0 heterocycles. The van der Waals surface area contributed by atoms with Crippen LogP contribution in [0.5, 0.6) is 0 Å². The molecule has 0 spiro atoms. The summed E-state index contributed by atoms with van der Waals surface area (Å²) in [4.78, 5) is 0. The van der Waals surface area contributed by atoms with Crippen molar-refractivity contribution in [3.05, 3.63) is 11.6 Å². The molecule has 1 atom stereocenters. The summed E-state index contributed by atoms with van der Waals surface area (Å²) in [6.07, 6.45) is 2.30. The summed E-state index contributed by atoms with van der Waals surface area (Å²) in [6.45, 7) is -1.05. The van der Waals surface area contributed by atoms with E-state index < -0.39 is 12.8 Å². The van der Waals surface area contributed by atoms with Gasteiger partial charge in [0.15, 0.2) is 0 Å². The molecule has 0 bridgehead atoms. The highest BCUT2D eigenvalue weighted by Gasteiger charge is 2.27. The summed E-state index contributed by atoms with van der Waals surface area (Å²) in [5.74, 6) is 0. The molecular formula is C12H19F3O2. The Bertz CT molecular complexity index is 249. The van der Waals surface area contributed by atoms with Gasteiger partial charge in [0.05, 0.1) is 6.10 Å². The van der Waals surface area contributed by atoms with Crippen LogP contribution in [0.3, 0.4) is 0 Å². The molecule has 0 amide bonds. The summed E-state index contributed by atoms with van der Waals surface area (Å²) >= 11 is 0. The number of aliphatic hydroxyl groups excluding tert-OH is 1. The molecule has 1 unspecified atom stereocenters. The molecule has 2 nitrogen and oxygen atoms in total. The second kappa shape index (κ2) is 7.01. The molecule has 0 fully saturated rings. The van der Waals surface area contributed by atoms with Gasteiger partial charge in [0.1, 0.15) is 6.61 Å². The van der Waals surface area contributed by atoms with Gasteiger partial charge >= 0.3 is 6.18 Å². The van der Waals surface area contributed by atoms with Gasteiger partial charge in [0.25, 0.3) is 0 Å². The maximum atomic E-state index is 11.8. The van der Waals surface area contributed by atoms with Crippen molar-refractivity contribution in [3.63, 3.8) is 0 Å². The summed E-state index contributed by atoms with van der Waals surface area (Å²) in [5.41, 5.74) is 1.14. The number of rotatable bonds is 5. The number of hydrogen-bond acceptors (Lipinski definition) is 2. The van der Waals surface area contributed by atoms with Crippen LogP contribution in [0.25, 0.3) is 0 Å². The zero-order valence-electron chi connectivity index (χ0n) is 9.80. The van der Waals surface area contributed by atoms with Crippen LogP contribution < -0.4 is 0 Å². The number of hydrogen-bond donors (Lipinski definition) is 1. The Balaban J connectivity index is 2.13. The summed E-state index contributed by atoms with van der Waals surface area (Å²) in [5, 5.41) is 9.51. The van der Waals surface area contributed by atoms with E-state index in [4.69, 9.17) is 0 Å². The first-order valence-corrected chi connectivity index (χ1v) is 5.99. The third-order valence-electron chi connectivity index (χ3n) is 2.73. The van der Waals surface area contributed by atoms with Crippen LogP contribution in [-0.2, 0) is 4.74 Å². The third kappa shape index (κ3) is 7.39. The van der Waals surface area contributed by atoms with E-state index in [1.807, 2.05) is 6.08 Å². The van der Waals surface area contributed by atoms with Crippen molar-refractivity contribution in [3.8, 4) is 0 Å². The molecular weight excluding hydrogens is 233 g/mol.